The van der Waals surface area contributed by atoms with E-state index in [4.69, 9.17) is 0 Å². The van der Waals surface area contributed by atoms with E-state index in [0.717, 1.165) is 0 Å². The van der Waals surface area contributed by atoms with Crippen molar-refractivity contribution in [2.75, 3.05) is 7.05 Å². The fraction of sp³-hybridized carbons (Fsp3) is 0.222. The average molecular weight is 169 g/mol. The molecule has 0 saturated heterocycles. The van der Waals surface area contributed by atoms with Crippen LogP contribution in [-0.2, 0) is 0 Å². The van der Waals surface area contributed by atoms with Crippen molar-refractivity contribution < 1.29 is 9.18 Å². The molecule has 0 bridgehead atoms. The first kappa shape index (κ1) is 10.6. The summed E-state index contributed by atoms with van der Waals surface area (Å²) in [5.41, 5.74) is 0.340. The SMILES string of the molecule is C.CNC(=O)c1cccc(F)c1. The van der Waals surface area contributed by atoms with Crippen molar-refractivity contribution in [2.24, 2.45) is 0 Å². The van der Waals surface area contributed by atoms with Crippen LogP contribution in [0.4, 0.5) is 4.39 Å². The van der Waals surface area contributed by atoms with Crippen LogP contribution in [0, 0.1) is 5.82 Å². The van der Waals surface area contributed by atoms with Crippen LogP contribution < -0.4 is 5.32 Å². The van der Waals surface area contributed by atoms with Gasteiger partial charge in [0.25, 0.3) is 5.91 Å². The lowest BCUT2D eigenvalue weighted by molar-refractivity contribution is 0.0962. The Morgan fingerprint density at radius 1 is 1.50 bits per heavy atom. The number of benzene rings is 1. The number of hydrogen-bond acceptors (Lipinski definition) is 1. The van der Waals surface area contributed by atoms with E-state index in [1.54, 1.807) is 6.07 Å². The standard InChI is InChI=1S/C8H8FNO.CH4/c1-10-8(11)6-3-2-4-7(9)5-6;/h2-5H,1H3,(H,10,11);1H4. The number of halogens is 1. The third-order valence-corrected chi connectivity index (χ3v) is 1.31. The summed E-state index contributed by atoms with van der Waals surface area (Å²) in [6.07, 6.45) is 0. The highest BCUT2D eigenvalue weighted by Gasteiger charge is 2.01. The predicted molar refractivity (Wildman–Crippen MR) is 46.5 cm³/mol. The van der Waals surface area contributed by atoms with Crippen LogP contribution in [0.5, 0.6) is 0 Å². The van der Waals surface area contributed by atoms with E-state index in [2.05, 4.69) is 5.32 Å². The Hall–Kier alpha value is -1.38. The molecule has 2 nitrogen and oxygen atoms in total. The van der Waals surface area contributed by atoms with Crippen LogP contribution in [0.15, 0.2) is 24.3 Å². The number of rotatable bonds is 1. The highest BCUT2D eigenvalue weighted by molar-refractivity contribution is 5.93. The zero-order chi connectivity index (χ0) is 8.27. The summed E-state index contributed by atoms with van der Waals surface area (Å²) in [5, 5.41) is 2.40. The summed E-state index contributed by atoms with van der Waals surface area (Å²) in [7, 11) is 1.51. The van der Waals surface area contributed by atoms with Crippen LogP contribution in [0.25, 0.3) is 0 Å². The summed E-state index contributed by atoms with van der Waals surface area (Å²) in [6.45, 7) is 0. The van der Waals surface area contributed by atoms with E-state index in [1.165, 1.54) is 25.2 Å². The van der Waals surface area contributed by atoms with E-state index < -0.39 is 5.82 Å². The van der Waals surface area contributed by atoms with Crippen molar-refractivity contribution >= 4 is 5.91 Å². The molecule has 3 heteroatoms. The summed E-state index contributed by atoms with van der Waals surface area (Å²) in [5.74, 6) is -0.671. The maximum Gasteiger partial charge on any atom is 0.251 e. The smallest absolute Gasteiger partial charge is 0.251 e. The Balaban J connectivity index is 0.00000121. The molecule has 66 valence electrons. The Bertz CT molecular complexity index is 273. The summed E-state index contributed by atoms with van der Waals surface area (Å²) >= 11 is 0. The molecule has 0 aromatic heterocycles. The van der Waals surface area contributed by atoms with Gasteiger partial charge in [0, 0.05) is 12.6 Å². The summed E-state index contributed by atoms with van der Waals surface area (Å²) in [6, 6.07) is 5.55. The molecule has 0 atom stereocenters. The maximum absolute atomic E-state index is 12.5. The van der Waals surface area contributed by atoms with Gasteiger partial charge in [-0.15, -0.1) is 0 Å². The van der Waals surface area contributed by atoms with Gasteiger partial charge in [0.15, 0.2) is 0 Å². The molecule has 1 aromatic carbocycles. The second-order valence-electron chi connectivity index (χ2n) is 2.09. The molecule has 0 heterocycles. The van der Waals surface area contributed by atoms with Crippen molar-refractivity contribution in [1.82, 2.24) is 5.32 Å². The molecule has 12 heavy (non-hydrogen) atoms. The molecule has 0 aliphatic carbocycles. The Morgan fingerprint density at radius 2 is 2.17 bits per heavy atom. The largest absolute Gasteiger partial charge is 0.355 e. The molecule has 1 amide bonds. The zero-order valence-electron chi connectivity index (χ0n) is 6.10. The second-order valence-corrected chi connectivity index (χ2v) is 2.09. The van der Waals surface area contributed by atoms with Gasteiger partial charge in [-0.1, -0.05) is 13.5 Å². The maximum atomic E-state index is 12.5. The lowest BCUT2D eigenvalue weighted by atomic mass is 10.2. The Kier molecular flexibility index (Phi) is 3.97. The quantitative estimate of drug-likeness (QED) is 0.682. The van der Waals surface area contributed by atoms with E-state index >= 15 is 0 Å². The second kappa shape index (κ2) is 4.49. The van der Waals surface area contributed by atoms with Crippen LogP contribution in [0.2, 0.25) is 0 Å². The minimum atomic E-state index is -0.397. The van der Waals surface area contributed by atoms with E-state index in [1.807, 2.05) is 0 Å². The average Bonchev–Trinajstić information content (AvgIpc) is 2.03. The number of hydrogen-bond donors (Lipinski definition) is 1. The minimum Gasteiger partial charge on any atom is -0.355 e. The zero-order valence-corrected chi connectivity index (χ0v) is 6.10. The number of carbonyl (C=O) groups excluding carboxylic acids is 1. The Morgan fingerprint density at radius 3 is 2.67 bits per heavy atom. The van der Waals surface area contributed by atoms with Gasteiger partial charge >= 0.3 is 0 Å². The van der Waals surface area contributed by atoms with Gasteiger partial charge < -0.3 is 5.32 Å². The number of amides is 1. The van der Waals surface area contributed by atoms with Gasteiger partial charge in [0.1, 0.15) is 5.82 Å². The lowest BCUT2D eigenvalue weighted by Gasteiger charge is -1.97. The fourth-order valence-electron chi connectivity index (χ4n) is 0.774. The molecule has 1 rings (SSSR count). The first-order valence-electron chi connectivity index (χ1n) is 3.21. The van der Waals surface area contributed by atoms with E-state index in [-0.39, 0.29) is 13.3 Å². The molecule has 0 radical (unpaired) electrons. The van der Waals surface area contributed by atoms with Crippen molar-refractivity contribution in [1.29, 1.82) is 0 Å². The van der Waals surface area contributed by atoms with E-state index in [9.17, 15) is 9.18 Å². The molecule has 0 saturated carbocycles. The van der Waals surface area contributed by atoms with Gasteiger partial charge in [-0.25, -0.2) is 4.39 Å². The molecule has 0 fully saturated rings. The number of carbonyl (C=O) groups is 1. The van der Waals surface area contributed by atoms with Gasteiger partial charge in [0.05, 0.1) is 0 Å². The van der Waals surface area contributed by atoms with Gasteiger partial charge in [0.2, 0.25) is 0 Å². The fourth-order valence-corrected chi connectivity index (χ4v) is 0.774. The van der Waals surface area contributed by atoms with Crippen LogP contribution in [0.3, 0.4) is 0 Å². The molecular formula is C9H12FNO. The first-order valence-corrected chi connectivity index (χ1v) is 3.21. The van der Waals surface area contributed by atoms with E-state index in [0.29, 0.717) is 5.56 Å². The summed E-state index contributed by atoms with van der Waals surface area (Å²) in [4.78, 5) is 10.9. The van der Waals surface area contributed by atoms with Gasteiger partial charge in [-0.05, 0) is 18.2 Å². The predicted octanol–water partition coefficient (Wildman–Crippen LogP) is 1.82. The monoisotopic (exact) mass is 169 g/mol. The van der Waals surface area contributed by atoms with Gasteiger partial charge in [-0.3, -0.25) is 4.79 Å². The molecule has 0 aliphatic heterocycles. The highest BCUT2D eigenvalue weighted by Crippen LogP contribution is 2.02. The highest BCUT2D eigenvalue weighted by atomic mass is 19.1. The van der Waals surface area contributed by atoms with Crippen LogP contribution in [-0.4, -0.2) is 13.0 Å². The van der Waals surface area contributed by atoms with Crippen molar-refractivity contribution in [3.63, 3.8) is 0 Å². The van der Waals surface area contributed by atoms with Crippen molar-refractivity contribution in [3.05, 3.63) is 35.6 Å². The third-order valence-electron chi connectivity index (χ3n) is 1.31. The first-order chi connectivity index (χ1) is 5.24. The Labute approximate surface area is 71.4 Å². The topological polar surface area (TPSA) is 29.1 Å². The normalized spacial score (nSPS) is 8.50. The number of nitrogens with one attached hydrogen (secondary N) is 1. The van der Waals surface area contributed by atoms with Gasteiger partial charge in [-0.2, -0.15) is 0 Å². The third kappa shape index (κ3) is 2.34. The van der Waals surface area contributed by atoms with Crippen molar-refractivity contribution in [2.45, 2.75) is 7.43 Å². The van der Waals surface area contributed by atoms with Crippen LogP contribution >= 0.6 is 0 Å². The molecule has 1 N–H and O–H groups in total. The molecule has 0 unspecified atom stereocenters. The molecular weight excluding hydrogens is 157 g/mol. The molecule has 0 aliphatic rings. The van der Waals surface area contributed by atoms with Crippen LogP contribution in [0.1, 0.15) is 17.8 Å². The van der Waals surface area contributed by atoms with Crippen molar-refractivity contribution in [3.8, 4) is 0 Å². The minimum absolute atomic E-state index is 0. The lowest BCUT2D eigenvalue weighted by Crippen LogP contribution is -2.17. The molecule has 0 spiro atoms. The summed E-state index contributed by atoms with van der Waals surface area (Å²) < 4.78 is 12.5. The molecule has 1 aromatic rings.